The zero-order chi connectivity index (χ0) is 13.1. The van der Waals surface area contributed by atoms with Gasteiger partial charge >= 0.3 is 0 Å². The molecule has 0 radical (unpaired) electrons. The molecule has 0 atom stereocenters. The van der Waals surface area contributed by atoms with Gasteiger partial charge < -0.3 is 5.32 Å². The van der Waals surface area contributed by atoms with Crippen LogP contribution in [0.5, 0.6) is 0 Å². The molecule has 0 bridgehead atoms. The van der Waals surface area contributed by atoms with Gasteiger partial charge in [-0.25, -0.2) is 0 Å². The molecular weight excluding hydrogens is 318 g/mol. The maximum absolute atomic E-state index is 3.68. The smallest absolute Gasteiger partial charge is 0.0318 e. The standard InChI is InChI=1S/C16H16BrNS/c17-15-10-12(11-18-13-7-8-13)6-9-16(15)19-14-4-2-1-3-5-14/h1-6,9-10,13,18H,7-8,11H2. The zero-order valence-electron chi connectivity index (χ0n) is 10.6. The Hall–Kier alpha value is -0.770. The van der Waals surface area contributed by atoms with Crippen molar-refractivity contribution in [1.29, 1.82) is 0 Å². The van der Waals surface area contributed by atoms with E-state index in [1.165, 1.54) is 32.7 Å². The second kappa shape index (κ2) is 6.12. The first kappa shape index (κ1) is 13.2. The number of hydrogen-bond donors (Lipinski definition) is 1. The summed E-state index contributed by atoms with van der Waals surface area (Å²) in [4.78, 5) is 2.54. The summed E-state index contributed by atoms with van der Waals surface area (Å²) in [7, 11) is 0. The van der Waals surface area contributed by atoms with Crippen LogP contribution in [0, 0.1) is 0 Å². The van der Waals surface area contributed by atoms with E-state index in [4.69, 9.17) is 0 Å². The molecule has 1 aliphatic carbocycles. The quantitative estimate of drug-likeness (QED) is 0.839. The number of halogens is 1. The summed E-state index contributed by atoms with van der Waals surface area (Å²) in [6.07, 6.45) is 2.67. The highest BCUT2D eigenvalue weighted by Gasteiger charge is 2.19. The second-order valence-corrected chi connectivity index (χ2v) is 6.80. The third kappa shape index (κ3) is 3.85. The van der Waals surface area contributed by atoms with Crippen molar-refractivity contribution in [3.05, 3.63) is 58.6 Å². The summed E-state index contributed by atoms with van der Waals surface area (Å²) >= 11 is 5.47. The van der Waals surface area contributed by atoms with Gasteiger partial charge in [-0.05, 0) is 58.6 Å². The lowest BCUT2D eigenvalue weighted by molar-refractivity contribution is 0.687. The van der Waals surface area contributed by atoms with Gasteiger partial charge in [0.2, 0.25) is 0 Å². The number of benzene rings is 2. The van der Waals surface area contributed by atoms with Gasteiger partial charge in [-0.1, -0.05) is 36.0 Å². The van der Waals surface area contributed by atoms with Gasteiger partial charge in [0.05, 0.1) is 0 Å². The molecule has 3 rings (SSSR count). The summed E-state index contributed by atoms with van der Waals surface area (Å²) in [5.41, 5.74) is 1.34. The van der Waals surface area contributed by atoms with Crippen molar-refractivity contribution in [3.63, 3.8) is 0 Å². The Bertz CT molecular complexity index is 552. The van der Waals surface area contributed by atoms with Gasteiger partial charge in [0.15, 0.2) is 0 Å². The summed E-state index contributed by atoms with van der Waals surface area (Å²) < 4.78 is 1.18. The Balaban J connectivity index is 1.68. The minimum Gasteiger partial charge on any atom is -0.310 e. The van der Waals surface area contributed by atoms with Gasteiger partial charge in [0.1, 0.15) is 0 Å². The Labute approximate surface area is 126 Å². The number of nitrogens with one attached hydrogen (secondary N) is 1. The molecule has 1 nitrogen and oxygen atoms in total. The van der Waals surface area contributed by atoms with E-state index in [2.05, 4.69) is 63.7 Å². The SMILES string of the molecule is Brc1cc(CNC2CC2)ccc1Sc1ccccc1. The molecule has 0 aromatic heterocycles. The van der Waals surface area contributed by atoms with Crippen LogP contribution in [0.15, 0.2) is 62.8 Å². The van der Waals surface area contributed by atoms with Gasteiger partial charge in [-0.3, -0.25) is 0 Å². The minimum absolute atomic E-state index is 0.761. The average Bonchev–Trinajstić information content (AvgIpc) is 3.25. The van der Waals surface area contributed by atoms with Crippen LogP contribution in [0.25, 0.3) is 0 Å². The van der Waals surface area contributed by atoms with Crippen molar-refractivity contribution >= 4 is 27.7 Å². The van der Waals surface area contributed by atoms with Crippen LogP contribution >= 0.6 is 27.7 Å². The Kier molecular flexibility index (Phi) is 4.26. The first-order valence-corrected chi connectivity index (χ1v) is 8.17. The normalized spacial score (nSPS) is 14.6. The summed E-state index contributed by atoms with van der Waals surface area (Å²) in [6, 6.07) is 17.9. The van der Waals surface area contributed by atoms with Crippen molar-refractivity contribution in [2.75, 3.05) is 0 Å². The molecule has 2 aromatic carbocycles. The van der Waals surface area contributed by atoms with Crippen molar-refractivity contribution < 1.29 is 0 Å². The van der Waals surface area contributed by atoms with E-state index in [1.54, 1.807) is 11.8 Å². The predicted molar refractivity (Wildman–Crippen MR) is 84.6 cm³/mol. The molecule has 0 unspecified atom stereocenters. The lowest BCUT2D eigenvalue weighted by Crippen LogP contribution is -2.15. The van der Waals surface area contributed by atoms with Crippen LogP contribution in [0.3, 0.4) is 0 Å². The lowest BCUT2D eigenvalue weighted by Gasteiger charge is -2.08. The van der Waals surface area contributed by atoms with Crippen molar-refractivity contribution in [2.45, 2.75) is 35.2 Å². The van der Waals surface area contributed by atoms with E-state index >= 15 is 0 Å². The number of hydrogen-bond acceptors (Lipinski definition) is 2. The van der Waals surface area contributed by atoms with Crippen molar-refractivity contribution in [2.24, 2.45) is 0 Å². The molecule has 0 heterocycles. The zero-order valence-corrected chi connectivity index (χ0v) is 13.0. The first-order chi connectivity index (χ1) is 9.31. The van der Waals surface area contributed by atoms with Crippen LogP contribution in [0.1, 0.15) is 18.4 Å². The van der Waals surface area contributed by atoms with Gasteiger partial charge in [0, 0.05) is 26.9 Å². The molecule has 3 heteroatoms. The summed E-state index contributed by atoms with van der Waals surface area (Å²) in [5.74, 6) is 0. The monoisotopic (exact) mass is 333 g/mol. The lowest BCUT2D eigenvalue weighted by atomic mass is 10.2. The van der Waals surface area contributed by atoms with Crippen LogP contribution in [0.2, 0.25) is 0 Å². The molecule has 2 aromatic rings. The highest BCUT2D eigenvalue weighted by molar-refractivity contribution is 9.10. The highest BCUT2D eigenvalue weighted by atomic mass is 79.9. The third-order valence-corrected chi connectivity index (χ3v) is 5.14. The predicted octanol–water partition coefficient (Wildman–Crippen LogP) is 4.85. The Morgan fingerprint density at radius 2 is 1.89 bits per heavy atom. The topological polar surface area (TPSA) is 12.0 Å². The average molecular weight is 334 g/mol. The molecule has 0 spiro atoms. The highest BCUT2D eigenvalue weighted by Crippen LogP contribution is 2.34. The largest absolute Gasteiger partial charge is 0.310 e. The molecule has 19 heavy (non-hydrogen) atoms. The Morgan fingerprint density at radius 3 is 2.58 bits per heavy atom. The van der Waals surface area contributed by atoms with E-state index in [0.29, 0.717) is 0 Å². The molecule has 0 amide bonds. The minimum atomic E-state index is 0.761. The van der Waals surface area contributed by atoms with Gasteiger partial charge in [-0.2, -0.15) is 0 Å². The van der Waals surface area contributed by atoms with Gasteiger partial charge in [0.25, 0.3) is 0 Å². The maximum Gasteiger partial charge on any atom is 0.0318 e. The molecule has 1 fully saturated rings. The van der Waals surface area contributed by atoms with Crippen LogP contribution < -0.4 is 5.32 Å². The second-order valence-electron chi connectivity index (χ2n) is 4.84. The van der Waals surface area contributed by atoms with Crippen molar-refractivity contribution in [3.8, 4) is 0 Å². The fraction of sp³-hybridized carbons (Fsp3) is 0.250. The van der Waals surface area contributed by atoms with Crippen molar-refractivity contribution in [1.82, 2.24) is 5.32 Å². The Morgan fingerprint density at radius 1 is 1.11 bits per heavy atom. The fourth-order valence-electron chi connectivity index (χ4n) is 1.90. The van der Waals surface area contributed by atoms with Crippen LogP contribution in [-0.2, 0) is 6.54 Å². The van der Waals surface area contributed by atoms with Crippen LogP contribution in [0.4, 0.5) is 0 Å². The molecular formula is C16H16BrNS. The molecule has 0 saturated heterocycles. The molecule has 1 aliphatic rings. The van der Waals surface area contributed by atoms with Gasteiger partial charge in [-0.15, -0.1) is 0 Å². The summed E-state index contributed by atoms with van der Waals surface area (Å²) in [5, 5.41) is 3.54. The molecule has 1 N–H and O–H groups in total. The van der Waals surface area contributed by atoms with E-state index < -0.39 is 0 Å². The van der Waals surface area contributed by atoms with E-state index in [9.17, 15) is 0 Å². The summed E-state index contributed by atoms with van der Waals surface area (Å²) in [6.45, 7) is 0.972. The third-order valence-electron chi connectivity index (χ3n) is 3.14. The maximum atomic E-state index is 3.68. The first-order valence-electron chi connectivity index (χ1n) is 6.56. The van der Waals surface area contributed by atoms with E-state index in [-0.39, 0.29) is 0 Å². The number of rotatable bonds is 5. The fourth-order valence-corrected chi connectivity index (χ4v) is 3.41. The van der Waals surface area contributed by atoms with E-state index in [0.717, 1.165) is 12.6 Å². The molecule has 0 aliphatic heterocycles. The van der Waals surface area contributed by atoms with E-state index in [1.807, 2.05) is 6.07 Å². The molecule has 1 saturated carbocycles. The van der Waals surface area contributed by atoms with Crippen LogP contribution in [-0.4, -0.2) is 6.04 Å². The molecule has 98 valence electrons.